The Balaban J connectivity index is 1.65. The van der Waals surface area contributed by atoms with Gasteiger partial charge in [-0.15, -0.1) is 11.3 Å². The molecule has 0 bridgehead atoms. The summed E-state index contributed by atoms with van der Waals surface area (Å²) in [6, 6.07) is 10.9. The van der Waals surface area contributed by atoms with Gasteiger partial charge in [0.05, 0.1) is 10.7 Å². The van der Waals surface area contributed by atoms with Crippen LogP contribution >= 0.6 is 11.3 Å². The van der Waals surface area contributed by atoms with Crippen molar-refractivity contribution in [1.82, 2.24) is 9.97 Å². The molecule has 1 N–H and O–H groups in total. The summed E-state index contributed by atoms with van der Waals surface area (Å²) < 4.78 is 5.72. The van der Waals surface area contributed by atoms with Crippen molar-refractivity contribution in [2.45, 2.75) is 27.2 Å². The van der Waals surface area contributed by atoms with Crippen LogP contribution in [-0.4, -0.2) is 15.9 Å². The quantitative estimate of drug-likeness (QED) is 0.659. The summed E-state index contributed by atoms with van der Waals surface area (Å²) >= 11 is 1.47. The molecule has 0 atom stereocenters. The lowest BCUT2D eigenvalue weighted by Gasteiger charge is -2.07. The first-order valence-corrected chi connectivity index (χ1v) is 9.28. The van der Waals surface area contributed by atoms with Gasteiger partial charge in [0.2, 0.25) is 0 Å². The number of aryl methyl sites for hydroxylation is 1. The van der Waals surface area contributed by atoms with Gasteiger partial charge in [0.25, 0.3) is 5.91 Å². The molecule has 0 fully saturated rings. The number of carbonyl (C=O) groups is 1. The highest BCUT2D eigenvalue weighted by Crippen LogP contribution is 2.24. The largest absolute Gasteiger partial charge is 0.457 e. The third-order valence-electron chi connectivity index (χ3n) is 3.63. The zero-order chi connectivity index (χ0) is 18.5. The average Bonchev–Trinajstić information content (AvgIpc) is 2.97. The second-order valence-electron chi connectivity index (χ2n) is 6.38. The topological polar surface area (TPSA) is 64.1 Å². The highest BCUT2D eigenvalue weighted by Gasteiger charge is 2.16. The van der Waals surface area contributed by atoms with Crippen molar-refractivity contribution in [3.63, 3.8) is 0 Å². The van der Waals surface area contributed by atoms with E-state index >= 15 is 0 Å². The fraction of sp³-hybridized carbons (Fsp3) is 0.250. The van der Waals surface area contributed by atoms with E-state index in [-0.39, 0.29) is 5.91 Å². The molecular weight excluding hydrogens is 346 g/mol. The molecule has 0 saturated carbocycles. The summed E-state index contributed by atoms with van der Waals surface area (Å²) in [7, 11) is 0. The number of thiazole rings is 1. The van der Waals surface area contributed by atoms with Gasteiger partial charge in [0.1, 0.15) is 16.4 Å². The Morgan fingerprint density at radius 3 is 2.42 bits per heavy atom. The molecule has 2 aromatic heterocycles. The molecule has 6 heteroatoms. The molecule has 1 amide bonds. The molecule has 2 heterocycles. The molecule has 1 aromatic carbocycles. The number of benzene rings is 1. The minimum absolute atomic E-state index is 0.127. The number of nitrogens with one attached hydrogen (secondary N) is 1. The maximum absolute atomic E-state index is 12.5. The molecule has 3 rings (SSSR count). The van der Waals surface area contributed by atoms with E-state index in [2.05, 4.69) is 29.1 Å². The number of hydrogen-bond donors (Lipinski definition) is 1. The van der Waals surface area contributed by atoms with Crippen LogP contribution in [0.25, 0.3) is 0 Å². The fourth-order valence-corrected chi connectivity index (χ4v) is 3.61. The van der Waals surface area contributed by atoms with Crippen LogP contribution in [0.15, 0.2) is 48.8 Å². The summed E-state index contributed by atoms with van der Waals surface area (Å²) in [5, 5.41) is 3.93. The predicted octanol–water partition coefficient (Wildman–Crippen LogP) is 5.09. The second-order valence-corrected chi connectivity index (χ2v) is 7.47. The molecule has 5 nitrogen and oxygen atoms in total. The van der Waals surface area contributed by atoms with Crippen LogP contribution in [0.3, 0.4) is 0 Å². The van der Waals surface area contributed by atoms with Crippen LogP contribution in [0.5, 0.6) is 11.5 Å². The van der Waals surface area contributed by atoms with Crippen molar-refractivity contribution in [1.29, 1.82) is 0 Å². The van der Waals surface area contributed by atoms with Crippen molar-refractivity contribution < 1.29 is 9.53 Å². The maximum Gasteiger partial charge on any atom is 0.267 e. The Hall–Kier alpha value is -2.73. The SMILES string of the molecule is Cc1nc(CC(C)C)sc1C(=O)Nc1ccc(Oc2ccncc2)cc1. The van der Waals surface area contributed by atoms with Crippen molar-refractivity contribution in [3.8, 4) is 11.5 Å². The van der Waals surface area contributed by atoms with Crippen LogP contribution in [0.2, 0.25) is 0 Å². The number of carbonyl (C=O) groups excluding carboxylic acids is 1. The number of aromatic nitrogens is 2. The van der Waals surface area contributed by atoms with Crippen LogP contribution in [-0.2, 0) is 6.42 Å². The number of amides is 1. The molecule has 0 spiro atoms. The average molecular weight is 367 g/mol. The molecule has 134 valence electrons. The number of pyridine rings is 1. The van der Waals surface area contributed by atoms with E-state index in [9.17, 15) is 4.79 Å². The fourth-order valence-electron chi connectivity index (χ4n) is 2.44. The van der Waals surface area contributed by atoms with Gasteiger partial charge in [0, 0.05) is 24.5 Å². The first kappa shape index (κ1) is 18.1. The molecule has 0 aliphatic carbocycles. The van der Waals surface area contributed by atoms with Gasteiger partial charge < -0.3 is 10.1 Å². The van der Waals surface area contributed by atoms with Gasteiger partial charge >= 0.3 is 0 Å². The van der Waals surface area contributed by atoms with Crippen molar-refractivity contribution in [3.05, 3.63) is 64.4 Å². The number of hydrogen-bond acceptors (Lipinski definition) is 5. The van der Waals surface area contributed by atoms with Crippen LogP contribution in [0, 0.1) is 12.8 Å². The number of rotatable bonds is 6. The normalized spacial score (nSPS) is 10.8. The highest BCUT2D eigenvalue weighted by molar-refractivity contribution is 7.13. The van der Waals surface area contributed by atoms with E-state index in [4.69, 9.17) is 4.74 Å². The maximum atomic E-state index is 12.5. The lowest BCUT2D eigenvalue weighted by atomic mass is 10.1. The van der Waals surface area contributed by atoms with Crippen molar-refractivity contribution >= 4 is 22.9 Å². The molecule has 0 saturated heterocycles. The van der Waals surface area contributed by atoms with E-state index in [1.807, 2.05) is 31.2 Å². The Labute approximate surface area is 157 Å². The minimum Gasteiger partial charge on any atom is -0.457 e. The molecule has 0 aliphatic rings. The van der Waals surface area contributed by atoms with Crippen molar-refractivity contribution in [2.75, 3.05) is 5.32 Å². The van der Waals surface area contributed by atoms with Gasteiger partial charge in [-0.3, -0.25) is 9.78 Å². The van der Waals surface area contributed by atoms with E-state index in [0.717, 1.165) is 28.6 Å². The van der Waals surface area contributed by atoms with Gasteiger partial charge in [-0.2, -0.15) is 0 Å². The lowest BCUT2D eigenvalue weighted by molar-refractivity contribution is 0.103. The van der Waals surface area contributed by atoms with Crippen LogP contribution in [0.1, 0.15) is 34.2 Å². The molecule has 0 unspecified atom stereocenters. The molecule has 26 heavy (non-hydrogen) atoms. The smallest absolute Gasteiger partial charge is 0.267 e. The van der Waals surface area contributed by atoms with E-state index in [1.165, 1.54) is 11.3 Å². The van der Waals surface area contributed by atoms with E-state index < -0.39 is 0 Å². The monoisotopic (exact) mass is 367 g/mol. The third kappa shape index (κ3) is 4.67. The minimum atomic E-state index is -0.127. The van der Waals surface area contributed by atoms with Gasteiger partial charge in [-0.05, 0) is 49.2 Å². The van der Waals surface area contributed by atoms with E-state index in [0.29, 0.717) is 16.5 Å². The standard InChI is InChI=1S/C20H21N3O2S/c1-13(2)12-18-22-14(3)19(26-18)20(24)23-15-4-6-16(7-5-15)25-17-8-10-21-11-9-17/h4-11,13H,12H2,1-3H3,(H,23,24). The third-order valence-corrected chi connectivity index (χ3v) is 4.81. The summed E-state index contributed by atoms with van der Waals surface area (Å²) in [5.74, 6) is 1.80. The first-order valence-electron chi connectivity index (χ1n) is 8.47. The lowest BCUT2D eigenvalue weighted by Crippen LogP contribution is -2.11. The molecular formula is C20H21N3O2S. The summed E-state index contributed by atoms with van der Waals surface area (Å²) in [6.45, 7) is 6.17. The van der Waals surface area contributed by atoms with Crippen LogP contribution < -0.4 is 10.1 Å². The van der Waals surface area contributed by atoms with Crippen LogP contribution in [0.4, 0.5) is 5.69 Å². The molecule has 0 radical (unpaired) electrons. The Morgan fingerprint density at radius 2 is 1.77 bits per heavy atom. The Morgan fingerprint density at radius 1 is 1.12 bits per heavy atom. The first-order chi connectivity index (χ1) is 12.5. The number of anilines is 1. The van der Waals surface area contributed by atoms with E-state index in [1.54, 1.807) is 24.5 Å². The predicted molar refractivity (Wildman–Crippen MR) is 104 cm³/mol. The van der Waals surface area contributed by atoms with Crippen molar-refractivity contribution in [2.24, 2.45) is 5.92 Å². The summed E-state index contributed by atoms with van der Waals surface area (Å²) in [5.41, 5.74) is 1.50. The van der Waals surface area contributed by atoms with Gasteiger partial charge in [-0.25, -0.2) is 4.98 Å². The zero-order valence-electron chi connectivity index (χ0n) is 15.0. The molecule has 3 aromatic rings. The second kappa shape index (κ2) is 8.10. The Bertz CT molecular complexity index is 874. The molecule has 0 aliphatic heterocycles. The number of nitrogens with zero attached hydrogens (tertiary/aromatic N) is 2. The highest BCUT2D eigenvalue weighted by atomic mass is 32.1. The Kier molecular flexibility index (Phi) is 5.63. The van der Waals surface area contributed by atoms with Gasteiger partial charge in [-0.1, -0.05) is 13.8 Å². The number of ether oxygens (including phenoxy) is 1. The zero-order valence-corrected chi connectivity index (χ0v) is 15.8. The van der Waals surface area contributed by atoms with Gasteiger partial charge in [0.15, 0.2) is 0 Å². The summed E-state index contributed by atoms with van der Waals surface area (Å²) in [4.78, 5) is 21.7. The summed E-state index contributed by atoms with van der Waals surface area (Å²) in [6.07, 6.45) is 4.24.